The third kappa shape index (κ3) is 5.28. The van der Waals surface area contributed by atoms with E-state index in [0.717, 1.165) is 18.4 Å². The lowest BCUT2D eigenvalue weighted by molar-refractivity contribution is -0.126. The van der Waals surface area contributed by atoms with Crippen LogP contribution in [0.4, 0.5) is 0 Å². The molecule has 9 heteroatoms. The van der Waals surface area contributed by atoms with Crippen molar-refractivity contribution in [3.63, 3.8) is 0 Å². The first-order valence-corrected chi connectivity index (χ1v) is 13.1. The third-order valence-electron chi connectivity index (χ3n) is 6.58. The number of hydrogen-bond acceptors (Lipinski definition) is 4. The van der Waals surface area contributed by atoms with Gasteiger partial charge in [0.2, 0.25) is 15.9 Å². The topological polar surface area (TPSA) is 79.4 Å². The highest BCUT2D eigenvalue weighted by Crippen LogP contribution is 2.32. The summed E-state index contributed by atoms with van der Waals surface area (Å²) in [4.78, 5) is 16.8. The number of carbonyl (C=O) groups is 1. The molecule has 1 fully saturated rings. The van der Waals surface area contributed by atoms with Gasteiger partial charge in [-0.2, -0.15) is 4.31 Å². The normalized spacial score (nSPS) is 16.1. The summed E-state index contributed by atoms with van der Waals surface area (Å²) in [7, 11) is -3.73. The van der Waals surface area contributed by atoms with Crippen molar-refractivity contribution in [1.29, 1.82) is 0 Å². The van der Waals surface area contributed by atoms with E-state index in [4.69, 9.17) is 23.2 Å². The average molecular weight is 498 g/mol. The number of pyridine rings is 1. The largest absolute Gasteiger partial charge is 0.355 e. The highest BCUT2D eigenvalue weighted by molar-refractivity contribution is 7.89. The van der Waals surface area contributed by atoms with E-state index in [1.165, 1.54) is 16.6 Å². The maximum Gasteiger partial charge on any atom is 0.246 e. The van der Waals surface area contributed by atoms with Gasteiger partial charge in [0.15, 0.2) is 0 Å². The molecule has 0 saturated carbocycles. The SMILES string of the molecule is CCC(CC)(CNC(=O)C1CCN(S(=O)(=O)c2cccnc2Cl)CC1)c1ccc(Cl)cc1. The number of carbonyl (C=O) groups excluding carboxylic acids is 1. The molecule has 0 aliphatic carbocycles. The molecule has 0 spiro atoms. The lowest BCUT2D eigenvalue weighted by Crippen LogP contribution is -2.46. The first-order chi connectivity index (χ1) is 15.2. The van der Waals surface area contributed by atoms with Gasteiger partial charge in [0.05, 0.1) is 0 Å². The van der Waals surface area contributed by atoms with Crippen molar-refractivity contribution in [3.8, 4) is 0 Å². The van der Waals surface area contributed by atoms with Crippen LogP contribution < -0.4 is 5.32 Å². The van der Waals surface area contributed by atoms with Crippen LogP contribution in [0.2, 0.25) is 10.2 Å². The lowest BCUT2D eigenvalue weighted by Gasteiger charge is -2.34. The number of nitrogens with zero attached hydrogens (tertiary/aromatic N) is 2. The van der Waals surface area contributed by atoms with E-state index in [-0.39, 0.29) is 40.4 Å². The summed E-state index contributed by atoms with van der Waals surface area (Å²) in [5.74, 6) is -0.246. The first-order valence-electron chi connectivity index (χ1n) is 10.9. The summed E-state index contributed by atoms with van der Waals surface area (Å²) < 4.78 is 27.2. The summed E-state index contributed by atoms with van der Waals surface area (Å²) in [6.07, 6.45) is 4.15. The van der Waals surface area contributed by atoms with Crippen LogP contribution in [0.5, 0.6) is 0 Å². The monoisotopic (exact) mass is 497 g/mol. The lowest BCUT2D eigenvalue weighted by atomic mass is 9.75. The molecule has 1 aliphatic heterocycles. The molecule has 0 bridgehead atoms. The van der Waals surface area contributed by atoms with Crippen molar-refractivity contribution in [1.82, 2.24) is 14.6 Å². The van der Waals surface area contributed by atoms with Crippen molar-refractivity contribution in [2.45, 2.75) is 49.8 Å². The highest BCUT2D eigenvalue weighted by atomic mass is 35.5. The maximum atomic E-state index is 12.9. The van der Waals surface area contributed by atoms with Gasteiger partial charge < -0.3 is 5.32 Å². The van der Waals surface area contributed by atoms with E-state index in [9.17, 15) is 13.2 Å². The zero-order chi connectivity index (χ0) is 23.4. The van der Waals surface area contributed by atoms with Crippen LogP contribution in [0.15, 0.2) is 47.5 Å². The van der Waals surface area contributed by atoms with Gasteiger partial charge in [0.25, 0.3) is 0 Å². The second-order valence-electron chi connectivity index (χ2n) is 8.18. The van der Waals surface area contributed by atoms with Gasteiger partial charge in [-0.1, -0.05) is 49.2 Å². The predicted molar refractivity (Wildman–Crippen MR) is 127 cm³/mol. The Labute approximate surface area is 200 Å². The molecule has 1 aromatic heterocycles. The number of sulfonamides is 1. The van der Waals surface area contributed by atoms with Crippen molar-refractivity contribution in [2.75, 3.05) is 19.6 Å². The van der Waals surface area contributed by atoms with Crippen LogP contribution in [0.3, 0.4) is 0 Å². The van der Waals surface area contributed by atoms with E-state index >= 15 is 0 Å². The number of piperidine rings is 1. The molecule has 1 N–H and O–H groups in total. The Kier molecular flexibility index (Phi) is 8.20. The third-order valence-corrected chi connectivity index (χ3v) is 9.17. The first kappa shape index (κ1) is 25.0. The molecular formula is C23H29Cl2N3O3S. The average Bonchev–Trinajstić information content (AvgIpc) is 2.81. The van der Waals surface area contributed by atoms with Gasteiger partial charge >= 0.3 is 0 Å². The minimum Gasteiger partial charge on any atom is -0.355 e. The van der Waals surface area contributed by atoms with E-state index < -0.39 is 10.0 Å². The summed E-state index contributed by atoms with van der Waals surface area (Å²) >= 11 is 12.0. The zero-order valence-corrected chi connectivity index (χ0v) is 20.7. The van der Waals surface area contributed by atoms with Gasteiger partial charge in [-0.25, -0.2) is 13.4 Å². The number of hydrogen-bond donors (Lipinski definition) is 1. The maximum absolute atomic E-state index is 12.9. The quantitative estimate of drug-likeness (QED) is 0.537. The van der Waals surface area contributed by atoms with E-state index in [0.29, 0.717) is 24.4 Å². The Morgan fingerprint density at radius 1 is 1.12 bits per heavy atom. The second-order valence-corrected chi connectivity index (χ2v) is 10.9. The fourth-order valence-electron chi connectivity index (χ4n) is 4.28. The zero-order valence-electron chi connectivity index (χ0n) is 18.4. The van der Waals surface area contributed by atoms with Gasteiger partial charge in [0, 0.05) is 42.2 Å². The van der Waals surface area contributed by atoms with Crippen LogP contribution in [0, 0.1) is 5.92 Å². The fraction of sp³-hybridized carbons (Fsp3) is 0.478. The summed E-state index contributed by atoms with van der Waals surface area (Å²) in [5, 5.41) is 3.78. The Bertz CT molecular complexity index is 1030. The van der Waals surface area contributed by atoms with Crippen LogP contribution in [0.25, 0.3) is 0 Å². The number of halogens is 2. The smallest absolute Gasteiger partial charge is 0.246 e. The summed E-state index contributed by atoms with van der Waals surface area (Å²) in [6.45, 7) is 5.32. The Morgan fingerprint density at radius 3 is 2.31 bits per heavy atom. The molecule has 0 atom stereocenters. The van der Waals surface area contributed by atoms with Gasteiger partial charge in [-0.3, -0.25) is 4.79 Å². The molecule has 6 nitrogen and oxygen atoms in total. The van der Waals surface area contributed by atoms with Gasteiger partial charge in [-0.15, -0.1) is 0 Å². The standard InChI is InChI=1S/C23H29Cl2N3O3S/c1-3-23(4-2,18-7-9-19(24)10-8-18)16-27-22(29)17-11-14-28(15-12-17)32(30,31)20-6-5-13-26-21(20)25/h5-10,13,17H,3-4,11-12,14-16H2,1-2H3,(H,27,29). The Morgan fingerprint density at radius 2 is 1.75 bits per heavy atom. The molecule has 1 aliphatic rings. The molecule has 2 aromatic rings. The van der Waals surface area contributed by atoms with Crippen molar-refractivity contribution in [3.05, 3.63) is 58.3 Å². The number of aromatic nitrogens is 1. The molecule has 3 rings (SSSR count). The highest BCUT2D eigenvalue weighted by Gasteiger charge is 2.35. The van der Waals surface area contributed by atoms with E-state index in [1.807, 2.05) is 24.3 Å². The Balaban J connectivity index is 1.62. The molecule has 0 unspecified atom stereocenters. The van der Waals surface area contributed by atoms with E-state index in [2.05, 4.69) is 24.1 Å². The molecule has 2 heterocycles. The van der Waals surface area contributed by atoms with Crippen LogP contribution in [-0.4, -0.2) is 43.2 Å². The number of amides is 1. The minimum atomic E-state index is -3.73. The second kappa shape index (κ2) is 10.5. The summed E-state index contributed by atoms with van der Waals surface area (Å²) in [6, 6.07) is 10.8. The molecule has 0 radical (unpaired) electrons. The minimum absolute atomic E-state index is 0.00297. The molecular weight excluding hydrogens is 469 g/mol. The molecule has 1 aromatic carbocycles. The molecule has 1 saturated heterocycles. The molecule has 32 heavy (non-hydrogen) atoms. The van der Waals surface area contributed by atoms with Crippen molar-refractivity contribution >= 4 is 39.1 Å². The summed E-state index contributed by atoms with van der Waals surface area (Å²) in [5.41, 5.74) is 0.989. The van der Waals surface area contributed by atoms with Crippen molar-refractivity contribution < 1.29 is 13.2 Å². The van der Waals surface area contributed by atoms with Gasteiger partial charge in [-0.05, 0) is 55.5 Å². The predicted octanol–water partition coefficient (Wildman–Crippen LogP) is 4.66. The number of rotatable bonds is 8. The van der Waals surface area contributed by atoms with Crippen LogP contribution in [-0.2, 0) is 20.2 Å². The van der Waals surface area contributed by atoms with Crippen molar-refractivity contribution in [2.24, 2.45) is 5.92 Å². The van der Waals surface area contributed by atoms with Crippen LogP contribution in [0.1, 0.15) is 45.1 Å². The molecule has 1 amide bonds. The van der Waals surface area contributed by atoms with Gasteiger partial charge in [0.1, 0.15) is 10.0 Å². The molecule has 174 valence electrons. The van der Waals surface area contributed by atoms with Crippen LogP contribution >= 0.6 is 23.2 Å². The number of benzene rings is 1. The number of nitrogens with one attached hydrogen (secondary N) is 1. The fourth-order valence-corrected chi connectivity index (χ4v) is 6.30. The van der Waals surface area contributed by atoms with E-state index in [1.54, 1.807) is 6.07 Å². The Hall–Kier alpha value is -1.67.